The molecular formula is C17H24N2O2. The molecule has 0 radical (unpaired) electrons. The summed E-state index contributed by atoms with van der Waals surface area (Å²) in [7, 11) is 1.67. The van der Waals surface area contributed by atoms with Gasteiger partial charge in [0, 0.05) is 6.54 Å². The van der Waals surface area contributed by atoms with Gasteiger partial charge in [-0.15, -0.1) is 0 Å². The van der Waals surface area contributed by atoms with Crippen LogP contribution in [0.3, 0.4) is 0 Å². The maximum Gasteiger partial charge on any atom is 0.224 e. The maximum absolute atomic E-state index is 12.5. The Morgan fingerprint density at radius 2 is 2.05 bits per heavy atom. The third-order valence-corrected chi connectivity index (χ3v) is 4.53. The lowest BCUT2D eigenvalue weighted by Gasteiger charge is -2.26. The summed E-state index contributed by atoms with van der Waals surface area (Å²) in [4.78, 5) is 12.5. The van der Waals surface area contributed by atoms with E-state index in [1.807, 2.05) is 12.1 Å². The van der Waals surface area contributed by atoms with Crippen molar-refractivity contribution in [3.8, 4) is 5.75 Å². The van der Waals surface area contributed by atoms with E-state index in [-0.39, 0.29) is 17.9 Å². The zero-order chi connectivity index (χ0) is 14.7. The first-order valence-electron chi connectivity index (χ1n) is 7.93. The quantitative estimate of drug-likeness (QED) is 0.874. The summed E-state index contributed by atoms with van der Waals surface area (Å²) in [5.41, 5.74) is 1.19. The first-order chi connectivity index (χ1) is 10.3. The van der Waals surface area contributed by atoms with Gasteiger partial charge in [-0.3, -0.25) is 4.79 Å². The molecule has 1 aliphatic carbocycles. The van der Waals surface area contributed by atoms with Gasteiger partial charge in [-0.2, -0.15) is 0 Å². The minimum Gasteiger partial charge on any atom is -0.497 e. The standard InChI is InChI=1S/C17H24N2O2/c1-21-15-8-6-13(7-9-15)16(12-4-5-12)19-17(20)14-3-2-10-18-11-14/h6-9,12,14,16,18H,2-5,10-11H2,1H3,(H,19,20). The molecule has 1 saturated heterocycles. The number of carbonyl (C=O) groups excluding carboxylic acids is 1. The fourth-order valence-corrected chi connectivity index (χ4v) is 3.06. The van der Waals surface area contributed by atoms with Crippen LogP contribution in [0.4, 0.5) is 0 Å². The highest BCUT2D eigenvalue weighted by molar-refractivity contribution is 5.79. The predicted octanol–water partition coefficient (Wildman–Crippen LogP) is 2.26. The molecule has 0 aromatic heterocycles. The second-order valence-corrected chi connectivity index (χ2v) is 6.14. The third-order valence-electron chi connectivity index (χ3n) is 4.53. The summed E-state index contributed by atoms with van der Waals surface area (Å²) in [6, 6.07) is 8.24. The highest BCUT2D eigenvalue weighted by Gasteiger charge is 2.34. The minimum atomic E-state index is 0.123. The molecule has 1 saturated carbocycles. The Morgan fingerprint density at radius 1 is 1.29 bits per heavy atom. The summed E-state index contributed by atoms with van der Waals surface area (Å²) in [6.07, 6.45) is 4.51. The van der Waals surface area contributed by atoms with Crippen LogP contribution in [0.2, 0.25) is 0 Å². The Balaban J connectivity index is 1.67. The van der Waals surface area contributed by atoms with Crippen LogP contribution in [0, 0.1) is 11.8 Å². The minimum absolute atomic E-state index is 0.123. The Hall–Kier alpha value is -1.55. The molecule has 2 aliphatic rings. The van der Waals surface area contributed by atoms with Crippen molar-refractivity contribution < 1.29 is 9.53 Å². The molecule has 21 heavy (non-hydrogen) atoms. The Kier molecular flexibility index (Phi) is 4.44. The molecule has 1 aliphatic heterocycles. The molecule has 0 spiro atoms. The molecule has 2 unspecified atom stereocenters. The van der Waals surface area contributed by atoms with Gasteiger partial charge in [0.2, 0.25) is 5.91 Å². The second-order valence-electron chi connectivity index (χ2n) is 6.14. The smallest absolute Gasteiger partial charge is 0.224 e. The maximum atomic E-state index is 12.5. The van der Waals surface area contributed by atoms with Gasteiger partial charge >= 0.3 is 0 Å². The van der Waals surface area contributed by atoms with E-state index in [1.165, 1.54) is 18.4 Å². The highest BCUT2D eigenvalue weighted by Crippen LogP contribution is 2.41. The van der Waals surface area contributed by atoms with E-state index in [0.29, 0.717) is 5.92 Å². The number of carbonyl (C=O) groups is 1. The topological polar surface area (TPSA) is 50.4 Å². The van der Waals surface area contributed by atoms with E-state index < -0.39 is 0 Å². The largest absolute Gasteiger partial charge is 0.497 e. The van der Waals surface area contributed by atoms with Crippen molar-refractivity contribution in [2.24, 2.45) is 11.8 Å². The van der Waals surface area contributed by atoms with Gasteiger partial charge in [0.25, 0.3) is 0 Å². The summed E-state index contributed by atoms with van der Waals surface area (Å²) < 4.78 is 5.21. The van der Waals surface area contributed by atoms with Crippen LogP contribution in [0.25, 0.3) is 0 Å². The van der Waals surface area contributed by atoms with Gasteiger partial charge in [0.15, 0.2) is 0 Å². The number of amides is 1. The lowest BCUT2D eigenvalue weighted by molar-refractivity contribution is -0.126. The van der Waals surface area contributed by atoms with Crippen LogP contribution < -0.4 is 15.4 Å². The molecule has 2 N–H and O–H groups in total. The van der Waals surface area contributed by atoms with E-state index in [2.05, 4.69) is 22.8 Å². The average Bonchev–Trinajstić information content (AvgIpc) is 3.38. The van der Waals surface area contributed by atoms with Crippen molar-refractivity contribution in [3.63, 3.8) is 0 Å². The van der Waals surface area contributed by atoms with E-state index in [9.17, 15) is 4.79 Å². The van der Waals surface area contributed by atoms with Crippen molar-refractivity contribution in [1.82, 2.24) is 10.6 Å². The monoisotopic (exact) mass is 288 g/mol. The van der Waals surface area contributed by atoms with Crippen molar-refractivity contribution in [2.75, 3.05) is 20.2 Å². The number of piperidine rings is 1. The molecule has 1 aromatic carbocycles. The molecule has 2 fully saturated rings. The number of nitrogens with one attached hydrogen (secondary N) is 2. The van der Waals surface area contributed by atoms with Crippen LogP contribution >= 0.6 is 0 Å². The first kappa shape index (κ1) is 14.4. The van der Waals surface area contributed by atoms with Gasteiger partial charge in [0.1, 0.15) is 5.75 Å². The molecule has 114 valence electrons. The SMILES string of the molecule is COc1ccc(C(NC(=O)C2CCCNC2)C2CC2)cc1. The van der Waals surface area contributed by atoms with E-state index >= 15 is 0 Å². The summed E-state index contributed by atoms with van der Waals surface area (Å²) in [5, 5.41) is 6.59. The molecule has 1 amide bonds. The second kappa shape index (κ2) is 6.48. The van der Waals surface area contributed by atoms with Crippen molar-refractivity contribution in [2.45, 2.75) is 31.7 Å². The first-order valence-corrected chi connectivity index (χ1v) is 7.93. The zero-order valence-corrected chi connectivity index (χ0v) is 12.6. The molecule has 1 aromatic rings. The van der Waals surface area contributed by atoms with Gasteiger partial charge in [0.05, 0.1) is 19.1 Å². The number of ether oxygens (including phenoxy) is 1. The number of methoxy groups -OCH3 is 1. The van der Waals surface area contributed by atoms with Crippen LogP contribution in [-0.2, 0) is 4.79 Å². The average molecular weight is 288 g/mol. The van der Waals surface area contributed by atoms with Crippen LogP contribution in [0.1, 0.15) is 37.3 Å². The fourth-order valence-electron chi connectivity index (χ4n) is 3.06. The number of hydrogen-bond donors (Lipinski definition) is 2. The Bertz CT molecular complexity index is 476. The zero-order valence-electron chi connectivity index (χ0n) is 12.6. The molecule has 0 bridgehead atoms. The third kappa shape index (κ3) is 3.56. The summed E-state index contributed by atoms with van der Waals surface area (Å²) in [5.74, 6) is 1.78. The van der Waals surface area contributed by atoms with Crippen LogP contribution in [0.5, 0.6) is 5.75 Å². The number of hydrogen-bond acceptors (Lipinski definition) is 3. The predicted molar refractivity (Wildman–Crippen MR) is 82.2 cm³/mol. The van der Waals surface area contributed by atoms with Crippen LogP contribution in [-0.4, -0.2) is 26.1 Å². The van der Waals surface area contributed by atoms with E-state index in [1.54, 1.807) is 7.11 Å². The number of benzene rings is 1. The lowest BCUT2D eigenvalue weighted by Crippen LogP contribution is -2.42. The van der Waals surface area contributed by atoms with Crippen molar-refractivity contribution >= 4 is 5.91 Å². The number of rotatable bonds is 5. The van der Waals surface area contributed by atoms with Crippen molar-refractivity contribution in [1.29, 1.82) is 0 Å². The molecule has 3 rings (SSSR count). The van der Waals surface area contributed by atoms with E-state index in [4.69, 9.17) is 4.74 Å². The Morgan fingerprint density at radius 3 is 2.62 bits per heavy atom. The molecule has 4 heteroatoms. The normalized spacial score (nSPS) is 23.4. The van der Waals surface area contributed by atoms with Crippen molar-refractivity contribution in [3.05, 3.63) is 29.8 Å². The molecular weight excluding hydrogens is 264 g/mol. The van der Waals surface area contributed by atoms with Gasteiger partial charge in [-0.05, 0) is 55.8 Å². The van der Waals surface area contributed by atoms with Gasteiger partial charge < -0.3 is 15.4 Å². The molecule has 2 atom stereocenters. The lowest BCUT2D eigenvalue weighted by atomic mass is 9.96. The summed E-state index contributed by atoms with van der Waals surface area (Å²) >= 11 is 0. The molecule has 1 heterocycles. The Labute approximate surface area is 126 Å². The highest BCUT2D eigenvalue weighted by atomic mass is 16.5. The fraction of sp³-hybridized carbons (Fsp3) is 0.588. The van der Waals surface area contributed by atoms with Crippen LogP contribution in [0.15, 0.2) is 24.3 Å². The van der Waals surface area contributed by atoms with E-state index in [0.717, 1.165) is 31.7 Å². The molecule has 4 nitrogen and oxygen atoms in total. The summed E-state index contributed by atoms with van der Waals surface area (Å²) in [6.45, 7) is 1.85. The van der Waals surface area contributed by atoms with Gasteiger partial charge in [-0.1, -0.05) is 12.1 Å². The van der Waals surface area contributed by atoms with Gasteiger partial charge in [-0.25, -0.2) is 0 Å².